The van der Waals surface area contributed by atoms with E-state index in [9.17, 15) is 20.4 Å². The lowest BCUT2D eigenvalue weighted by atomic mass is 9.96. The molecule has 1 heterocycles. The second-order valence-electron chi connectivity index (χ2n) is 6.77. The first kappa shape index (κ1) is 19.0. The van der Waals surface area contributed by atoms with Crippen LogP contribution in [0.15, 0.2) is 60.7 Å². The van der Waals surface area contributed by atoms with Crippen LogP contribution >= 0.6 is 0 Å². The summed E-state index contributed by atoms with van der Waals surface area (Å²) in [5, 5.41) is 40.5. The van der Waals surface area contributed by atoms with Crippen molar-refractivity contribution < 1.29 is 25.2 Å². The largest absolute Gasteiger partial charge is 0.388 e. The Hall–Kier alpha value is -1.80. The van der Waals surface area contributed by atoms with Crippen LogP contribution in [0.1, 0.15) is 11.1 Å². The molecule has 26 heavy (non-hydrogen) atoms. The first-order valence-corrected chi connectivity index (χ1v) is 8.69. The van der Waals surface area contributed by atoms with Gasteiger partial charge in [-0.3, -0.25) is 4.90 Å². The summed E-state index contributed by atoms with van der Waals surface area (Å²) in [6.45, 7) is 0.820. The number of rotatable bonds is 6. The van der Waals surface area contributed by atoms with Gasteiger partial charge < -0.3 is 25.2 Å². The summed E-state index contributed by atoms with van der Waals surface area (Å²) in [5.74, 6) is -1.96. The predicted octanol–water partition coefficient (Wildman–Crippen LogP) is 0.490. The Morgan fingerprint density at radius 3 is 1.88 bits per heavy atom. The highest BCUT2D eigenvalue weighted by Gasteiger charge is 2.49. The molecule has 6 nitrogen and oxygen atoms in total. The lowest BCUT2D eigenvalue weighted by molar-refractivity contribution is -0.325. The summed E-state index contributed by atoms with van der Waals surface area (Å²) in [6.07, 6.45) is -4.27. The zero-order chi connectivity index (χ0) is 18.6. The van der Waals surface area contributed by atoms with E-state index < -0.39 is 24.1 Å². The van der Waals surface area contributed by atoms with Gasteiger partial charge in [-0.15, -0.1) is 0 Å². The Morgan fingerprint density at radius 2 is 1.38 bits per heavy atom. The van der Waals surface area contributed by atoms with Gasteiger partial charge in [0.25, 0.3) is 0 Å². The van der Waals surface area contributed by atoms with Crippen LogP contribution in [0.2, 0.25) is 0 Å². The Balaban J connectivity index is 1.78. The SMILES string of the molecule is O[C@@H]1[C@H](O)CO[C@@](O)(CN(Cc2ccccc2)Cc2ccccc2)[C@@H]1O. The Kier molecular flexibility index (Phi) is 6.03. The van der Waals surface area contributed by atoms with Gasteiger partial charge in [-0.1, -0.05) is 60.7 Å². The number of aliphatic hydroxyl groups excluding tert-OH is 3. The molecule has 0 saturated carbocycles. The average molecular weight is 359 g/mol. The van der Waals surface area contributed by atoms with Crippen molar-refractivity contribution in [3.63, 3.8) is 0 Å². The molecule has 1 aliphatic heterocycles. The molecule has 2 aromatic carbocycles. The molecule has 0 spiro atoms. The van der Waals surface area contributed by atoms with Crippen LogP contribution < -0.4 is 0 Å². The third-order valence-corrected chi connectivity index (χ3v) is 4.63. The molecule has 0 amide bonds. The molecule has 0 unspecified atom stereocenters. The van der Waals surface area contributed by atoms with Crippen molar-refractivity contribution in [2.45, 2.75) is 37.2 Å². The van der Waals surface area contributed by atoms with Crippen molar-refractivity contribution in [3.8, 4) is 0 Å². The molecule has 6 heteroatoms. The summed E-state index contributed by atoms with van der Waals surface area (Å²) in [5.41, 5.74) is 2.11. The normalized spacial score (nSPS) is 29.0. The fraction of sp³-hybridized carbons (Fsp3) is 0.400. The average Bonchev–Trinajstić information content (AvgIpc) is 2.65. The monoisotopic (exact) mass is 359 g/mol. The first-order valence-electron chi connectivity index (χ1n) is 8.69. The molecule has 4 atom stereocenters. The maximum atomic E-state index is 10.8. The van der Waals surface area contributed by atoms with Crippen molar-refractivity contribution in [1.82, 2.24) is 4.90 Å². The lowest BCUT2D eigenvalue weighted by Crippen LogP contribution is -2.64. The molecule has 0 bridgehead atoms. The summed E-state index contributed by atoms with van der Waals surface area (Å²) in [6, 6.07) is 19.6. The van der Waals surface area contributed by atoms with E-state index in [-0.39, 0.29) is 13.2 Å². The predicted molar refractivity (Wildman–Crippen MR) is 95.9 cm³/mol. The van der Waals surface area contributed by atoms with Gasteiger partial charge in [0.05, 0.1) is 13.2 Å². The van der Waals surface area contributed by atoms with Crippen molar-refractivity contribution in [3.05, 3.63) is 71.8 Å². The molecule has 2 aromatic rings. The van der Waals surface area contributed by atoms with Crippen LogP contribution in [0.4, 0.5) is 0 Å². The van der Waals surface area contributed by atoms with Crippen molar-refractivity contribution in [1.29, 1.82) is 0 Å². The molecule has 0 aromatic heterocycles. The van der Waals surface area contributed by atoms with E-state index in [0.29, 0.717) is 13.1 Å². The molecule has 4 N–H and O–H groups in total. The molecular weight excluding hydrogens is 334 g/mol. The van der Waals surface area contributed by atoms with Gasteiger partial charge in [-0.25, -0.2) is 0 Å². The zero-order valence-corrected chi connectivity index (χ0v) is 14.5. The molecule has 1 fully saturated rings. The van der Waals surface area contributed by atoms with Gasteiger partial charge >= 0.3 is 0 Å². The van der Waals surface area contributed by atoms with E-state index >= 15 is 0 Å². The minimum absolute atomic E-state index is 0.0122. The van der Waals surface area contributed by atoms with E-state index in [0.717, 1.165) is 11.1 Å². The maximum Gasteiger partial charge on any atom is 0.207 e. The second-order valence-corrected chi connectivity index (χ2v) is 6.77. The van der Waals surface area contributed by atoms with Gasteiger partial charge in [-0.05, 0) is 11.1 Å². The Labute approximate surface area is 152 Å². The Bertz CT molecular complexity index is 642. The summed E-state index contributed by atoms with van der Waals surface area (Å²) in [4.78, 5) is 1.94. The molecule has 1 saturated heterocycles. The number of hydrogen-bond acceptors (Lipinski definition) is 6. The third kappa shape index (κ3) is 4.48. The molecule has 0 radical (unpaired) electrons. The minimum atomic E-state index is -1.96. The van der Waals surface area contributed by atoms with Gasteiger partial charge in [0.1, 0.15) is 18.3 Å². The molecule has 0 aliphatic carbocycles. The molecular formula is C20H25NO5. The van der Waals surface area contributed by atoms with Crippen LogP contribution in [0.3, 0.4) is 0 Å². The summed E-state index contributed by atoms with van der Waals surface area (Å²) in [7, 11) is 0. The van der Waals surface area contributed by atoms with E-state index in [1.165, 1.54) is 0 Å². The van der Waals surface area contributed by atoms with E-state index in [4.69, 9.17) is 4.74 Å². The van der Waals surface area contributed by atoms with Gasteiger partial charge in [-0.2, -0.15) is 0 Å². The number of benzene rings is 2. The summed E-state index contributed by atoms with van der Waals surface area (Å²) >= 11 is 0. The number of hydrogen-bond donors (Lipinski definition) is 4. The maximum absolute atomic E-state index is 10.8. The third-order valence-electron chi connectivity index (χ3n) is 4.63. The van der Waals surface area contributed by atoms with Crippen molar-refractivity contribution in [2.75, 3.05) is 13.2 Å². The number of ether oxygens (including phenoxy) is 1. The highest BCUT2D eigenvalue weighted by atomic mass is 16.6. The van der Waals surface area contributed by atoms with Crippen LogP contribution in [-0.4, -0.2) is 62.6 Å². The Morgan fingerprint density at radius 1 is 0.885 bits per heavy atom. The number of nitrogens with zero attached hydrogens (tertiary/aromatic N) is 1. The van der Waals surface area contributed by atoms with Crippen LogP contribution in [0.25, 0.3) is 0 Å². The van der Waals surface area contributed by atoms with Crippen LogP contribution in [0, 0.1) is 0 Å². The van der Waals surface area contributed by atoms with E-state index in [1.807, 2.05) is 65.6 Å². The number of aliphatic hydroxyl groups is 4. The lowest BCUT2D eigenvalue weighted by Gasteiger charge is -2.43. The highest BCUT2D eigenvalue weighted by Crippen LogP contribution is 2.26. The summed E-state index contributed by atoms with van der Waals surface area (Å²) < 4.78 is 5.32. The highest BCUT2D eigenvalue weighted by molar-refractivity contribution is 5.17. The van der Waals surface area contributed by atoms with Crippen LogP contribution in [-0.2, 0) is 17.8 Å². The fourth-order valence-electron chi connectivity index (χ4n) is 3.20. The van der Waals surface area contributed by atoms with Crippen LogP contribution in [0.5, 0.6) is 0 Å². The standard InChI is InChI=1S/C20H25NO5/c22-17-13-26-20(25,19(24)18(17)23)14-21(11-15-7-3-1-4-8-15)12-16-9-5-2-6-10-16/h1-10,17-19,22-25H,11-14H2/t17-,18-,19-,20+/m1/s1. The van der Waals surface area contributed by atoms with Gasteiger partial charge in [0.15, 0.2) is 0 Å². The fourth-order valence-corrected chi connectivity index (χ4v) is 3.20. The first-order chi connectivity index (χ1) is 12.5. The van der Waals surface area contributed by atoms with Crippen molar-refractivity contribution >= 4 is 0 Å². The second kappa shape index (κ2) is 8.26. The smallest absolute Gasteiger partial charge is 0.207 e. The quantitative estimate of drug-likeness (QED) is 0.600. The van der Waals surface area contributed by atoms with E-state index in [2.05, 4.69) is 0 Å². The molecule has 1 aliphatic rings. The van der Waals surface area contributed by atoms with Gasteiger partial charge in [0.2, 0.25) is 5.79 Å². The van der Waals surface area contributed by atoms with Gasteiger partial charge in [0, 0.05) is 13.1 Å². The van der Waals surface area contributed by atoms with Crippen molar-refractivity contribution in [2.24, 2.45) is 0 Å². The van der Waals surface area contributed by atoms with E-state index in [1.54, 1.807) is 0 Å². The topological polar surface area (TPSA) is 93.4 Å². The minimum Gasteiger partial charge on any atom is -0.388 e. The zero-order valence-electron chi connectivity index (χ0n) is 14.5. The molecule has 140 valence electrons. The molecule has 3 rings (SSSR count).